The summed E-state index contributed by atoms with van der Waals surface area (Å²) >= 11 is 0. The number of aromatic nitrogens is 2. The van der Waals surface area contributed by atoms with Crippen molar-refractivity contribution in [2.24, 2.45) is 0 Å². The van der Waals surface area contributed by atoms with Crippen LogP contribution in [0, 0.1) is 0 Å². The summed E-state index contributed by atoms with van der Waals surface area (Å²) in [6.07, 6.45) is 22.8. The molecule has 2 atom stereocenters. The number of fused-ring (bicyclic) bond motifs is 9. The summed E-state index contributed by atoms with van der Waals surface area (Å²) in [7, 11) is 0. The van der Waals surface area contributed by atoms with Gasteiger partial charge in [-0.25, -0.2) is 0 Å². The van der Waals surface area contributed by atoms with Gasteiger partial charge >= 0.3 is 0 Å². The lowest BCUT2D eigenvalue weighted by Crippen LogP contribution is -2.31. The molecule has 3 aliphatic carbocycles. The number of hydrogen-bond acceptors (Lipinski definition) is 1. The smallest absolute Gasteiger partial charge is 0.0650 e. The minimum absolute atomic E-state index is 0.213. The fraction of sp³-hybridized carbons (Fsp3) is 0.125. The quantitative estimate of drug-likeness (QED) is 0.184. The van der Waals surface area contributed by atoms with Crippen LogP contribution in [0.4, 0.5) is 11.4 Å². The van der Waals surface area contributed by atoms with Gasteiger partial charge in [0, 0.05) is 50.2 Å². The van der Waals surface area contributed by atoms with Crippen molar-refractivity contribution in [1.82, 2.24) is 9.13 Å². The molecule has 4 aliphatic rings. The zero-order valence-electron chi connectivity index (χ0n) is 28.4. The fourth-order valence-electron chi connectivity index (χ4n) is 9.41. The summed E-state index contributed by atoms with van der Waals surface area (Å²) in [6, 6.07) is 43.2. The molecular weight excluding hydrogens is 619 g/mol. The molecule has 0 fully saturated rings. The maximum absolute atomic E-state index is 2.62. The lowest BCUT2D eigenvalue weighted by molar-refractivity contribution is 0.722. The molecule has 0 saturated carbocycles. The molecule has 3 heterocycles. The van der Waals surface area contributed by atoms with Crippen molar-refractivity contribution in [3.63, 3.8) is 0 Å². The van der Waals surface area contributed by atoms with E-state index in [1.165, 1.54) is 83.4 Å². The molecule has 2 aromatic heterocycles. The first kappa shape index (κ1) is 28.7. The van der Waals surface area contributed by atoms with Crippen LogP contribution in [0.2, 0.25) is 0 Å². The maximum atomic E-state index is 2.62. The highest BCUT2D eigenvalue weighted by molar-refractivity contribution is 6.11. The van der Waals surface area contributed by atoms with Crippen LogP contribution in [0.15, 0.2) is 158 Å². The van der Waals surface area contributed by atoms with Gasteiger partial charge in [0.1, 0.15) is 0 Å². The van der Waals surface area contributed by atoms with Gasteiger partial charge in [0.15, 0.2) is 0 Å². The van der Waals surface area contributed by atoms with Crippen LogP contribution in [0.25, 0.3) is 61.3 Å². The van der Waals surface area contributed by atoms with Gasteiger partial charge in [-0.3, -0.25) is 0 Å². The average molecular weight is 656 g/mol. The van der Waals surface area contributed by atoms with Crippen molar-refractivity contribution in [2.75, 3.05) is 4.90 Å². The molecule has 0 spiro atoms. The molecular formula is C48H37N3. The SMILES string of the molecule is C1=CCCC(n2c3ccccc3c3cc(-c4ccc5c(c4)c4c(n5C5=CC=CC6C5c5ccccc5N6c5ccccc5)CCC=C4)ccc32)=C1. The minimum Gasteiger partial charge on any atom is -0.333 e. The summed E-state index contributed by atoms with van der Waals surface area (Å²) in [5.41, 5.74) is 15.8. The molecule has 1 aliphatic heterocycles. The summed E-state index contributed by atoms with van der Waals surface area (Å²) < 4.78 is 5.09. The number of nitrogens with zero attached hydrogens (tertiary/aromatic N) is 3. The highest BCUT2D eigenvalue weighted by Crippen LogP contribution is 2.52. The predicted octanol–water partition coefficient (Wildman–Crippen LogP) is 12.3. The molecule has 0 radical (unpaired) electrons. The summed E-state index contributed by atoms with van der Waals surface area (Å²) in [5.74, 6) is 0.228. The van der Waals surface area contributed by atoms with Crippen LogP contribution in [-0.4, -0.2) is 15.2 Å². The number of benzene rings is 5. The second kappa shape index (κ2) is 11.2. The topological polar surface area (TPSA) is 13.1 Å². The zero-order valence-corrected chi connectivity index (χ0v) is 28.4. The van der Waals surface area contributed by atoms with Gasteiger partial charge in [0.05, 0.1) is 28.5 Å². The van der Waals surface area contributed by atoms with Gasteiger partial charge in [-0.15, -0.1) is 0 Å². The molecule has 0 amide bonds. The van der Waals surface area contributed by atoms with Gasteiger partial charge in [0.25, 0.3) is 0 Å². The van der Waals surface area contributed by atoms with E-state index in [4.69, 9.17) is 0 Å². The van der Waals surface area contributed by atoms with Crippen molar-refractivity contribution in [3.8, 4) is 11.1 Å². The maximum Gasteiger partial charge on any atom is 0.0650 e. The Morgan fingerprint density at radius 2 is 1.31 bits per heavy atom. The number of hydrogen-bond donors (Lipinski definition) is 0. The molecule has 51 heavy (non-hydrogen) atoms. The summed E-state index contributed by atoms with van der Waals surface area (Å²) in [6.45, 7) is 0. The number of rotatable bonds is 4. The summed E-state index contributed by atoms with van der Waals surface area (Å²) in [5, 5.41) is 3.95. The van der Waals surface area contributed by atoms with Gasteiger partial charge in [-0.2, -0.15) is 0 Å². The molecule has 244 valence electrons. The predicted molar refractivity (Wildman–Crippen MR) is 215 cm³/mol. The van der Waals surface area contributed by atoms with Crippen molar-refractivity contribution in [2.45, 2.75) is 37.6 Å². The Kier molecular flexibility index (Phi) is 6.33. The van der Waals surface area contributed by atoms with E-state index in [9.17, 15) is 0 Å². The highest BCUT2D eigenvalue weighted by atomic mass is 15.2. The Bertz CT molecular complexity index is 2710. The highest BCUT2D eigenvalue weighted by Gasteiger charge is 2.42. The Morgan fingerprint density at radius 1 is 0.569 bits per heavy atom. The third-order valence-corrected chi connectivity index (χ3v) is 11.6. The van der Waals surface area contributed by atoms with Crippen LogP contribution < -0.4 is 4.90 Å². The second-order valence-electron chi connectivity index (χ2n) is 14.3. The Hall–Kier alpha value is -6.06. The van der Waals surface area contributed by atoms with Crippen LogP contribution >= 0.6 is 0 Å². The van der Waals surface area contributed by atoms with Gasteiger partial charge in [-0.1, -0.05) is 103 Å². The van der Waals surface area contributed by atoms with Crippen molar-refractivity contribution in [1.29, 1.82) is 0 Å². The number of allylic oxidation sites excluding steroid dienone is 7. The lowest BCUT2D eigenvalue weighted by Gasteiger charge is -2.32. The normalized spacial score (nSPS) is 19.0. The molecule has 0 N–H and O–H groups in total. The Morgan fingerprint density at radius 3 is 2.18 bits per heavy atom. The standard InChI is InChI=1S/C48H37N3/c1-3-14-34(15-4-1)49-41-21-10-7-18-36(41)39-30-32(26-28-44(39)49)33-27-29-45-40(31-33)37-19-8-11-22-42(37)51(45)47-25-13-24-46-48(47)38-20-9-12-23-43(38)50(46)35-16-5-2-6-17-35/h1-3,5-10,12-14,16-21,23-31,46,48H,4,11,15,22H2. The van der Waals surface area contributed by atoms with Gasteiger partial charge in [0.2, 0.25) is 0 Å². The Balaban J connectivity index is 1.06. The molecule has 5 aromatic carbocycles. The van der Waals surface area contributed by atoms with E-state index in [1.807, 2.05) is 0 Å². The van der Waals surface area contributed by atoms with E-state index in [0.29, 0.717) is 0 Å². The van der Waals surface area contributed by atoms with E-state index in [0.717, 1.165) is 25.7 Å². The van der Waals surface area contributed by atoms with Crippen LogP contribution in [-0.2, 0) is 6.42 Å². The van der Waals surface area contributed by atoms with E-state index in [-0.39, 0.29) is 12.0 Å². The number of anilines is 2. The third-order valence-electron chi connectivity index (χ3n) is 11.6. The fourth-order valence-corrected chi connectivity index (χ4v) is 9.41. The monoisotopic (exact) mass is 655 g/mol. The average Bonchev–Trinajstić information content (AvgIpc) is 3.84. The largest absolute Gasteiger partial charge is 0.333 e. The molecule has 3 heteroatoms. The van der Waals surface area contributed by atoms with Crippen LogP contribution in [0.1, 0.15) is 42.0 Å². The molecule has 7 aromatic rings. The van der Waals surface area contributed by atoms with Crippen molar-refractivity contribution < 1.29 is 0 Å². The van der Waals surface area contributed by atoms with Crippen molar-refractivity contribution in [3.05, 3.63) is 175 Å². The summed E-state index contributed by atoms with van der Waals surface area (Å²) in [4.78, 5) is 2.54. The van der Waals surface area contributed by atoms with E-state index >= 15 is 0 Å². The Labute approximate surface area is 298 Å². The van der Waals surface area contributed by atoms with Crippen molar-refractivity contribution >= 4 is 61.6 Å². The lowest BCUT2D eigenvalue weighted by atomic mass is 9.87. The van der Waals surface area contributed by atoms with E-state index in [1.54, 1.807) is 0 Å². The molecule has 3 nitrogen and oxygen atoms in total. The number of para-hydroxylation sites is 3. The van der Waals surface area contributed by atoms with Crippen LogP contribution in [0.5, 0.6) is 0 Å². The minimum atomic E-state index is 0.213. The first-order valence-corrected chi connectivity index (χ1v) is 18.4. The zero-order chi connectivity index (χ0) is 33.5. The third kappa shape index (κ3) is 4.24. The van der Waals surface area contributed by atoms with E-state index in [2.05, 4.69) is 178 Å². The first-order valence-electron chi connectivity index (χ1n) is 18.4. The van der Waals surface area contributed by atoms with Gasteiger partial charge in [-0.05, 0) is 103 Å². The molecule has 0 bridgehead atoms. The van der Waals surface area contributed by atoms with E-state index < -0.39 is 0 Å². The molecule has 11 rings (SSSR count). The van der Waals surface area contributed by atoms with Gasteiger partial charge < -0.3 is 14.0 Å². The molecule has 0 saturated heterocycles. The molecule has 2 unspecified atom stereocenters. The second-order valence-corrected chi connectivity index (χ2v) is 14.3. The van der Waals surface area contributed by atoms with Crippen LogP contribution in [0.3, 0.4) is 0 Å². The first-order chi connectivity index (χ1) is 25.3.